The number of allylic oxidation sites excluding steroid dienone is 3. The number of hydrogen-bond acceptors (Lipinski definition) is 2. The molecule has 0 aliphatic rings. The third kappa shape index (κ3) is 5.49. The van der Waals surface area contributed by atoms with Crippen molar-refractivity contribution in [2.45, 2.75) is 35.0 Å². The summed E-state index contributed by atoms with van der Waals surface area (Å²) in [5.41, 5.74) is 0. The molecule has 0 saturated carbocycles. The first-order valence-electron chi connectivity index (χ1n) is 7.15. The molecule has 0 aliphatic carbocycles. The van der Waals surface area contributed by atoms with Gasteiger partial charge in [-0.25, -0.2) is 0 Å². The molecule has 0 fully saturated rings. The molecule has 21 heavy (non-hydrogen) atoms. The number of benzene rings is 2. The quantitative estimate of drug-likeness (QED) is 0.425. The van der Waals surface area contributed by atoms with E-state index in [1.165, 1.54) is 19.6 Å². The molecular formula is C19H20S2. The average molecular weight is 313 g/mol. The molecule has 2 heteroatoms. The molecule has 0 heterocycles. The second kappa shape index (κ2) is 8.81. The maximum Gasteiger partial charge on any atom is 0.0123 e. The fourth-order valence-corrected chi connectivity index (χ4v) is 3.68. The van der Waals surface area contributed by atoms with E-state index in [2.05, 4.69) is 80.6 Å². The lowest BCUT2D eigenvalue weighted by Gasteiger charge is -2.05. The zero-order valence-electron chi connectivity index (χ0n) is 12.5. The summed E-state index contributed by atoms with van der Waals surface area (Å²) in [6, 6.07) is 19.3. The summed E-state index contributed by atoms with van der Waals surface area (Å²) in [6.07, 6.45) is 7.58. The molecule has 0 spiro atoms. The van der Waals surface area contributed by atoms with Crippen LogP contribution in [0.2, 0.25) is 0 Å². The average Bonchev–Trinajstić information content (AvgIpc) is 2.51. The molecule has 0 N–H and O–H groups in total. The second-order valence-electron chi connectivity index (χ2n) is 4.50. The molecule has 2 rings (SSSR count). The van der Waals surface area contributed by atoms with E-state index in [0.29, 0.717) is 0 Å². The largest absolute Gasteiger partial charge is 0.0905 e. The standard InChI is InChI=1S/C19H20S2/c1-3-8-16(9-4-2)20-18-12-14-19(15-13-18)21-17-10-6-5-7-11-17/h3,5-15H,4H2,1-2H3/b8-3-,16-9+. The van der Waals surface area contributed by atoms with Crippen LogP contribution in [-0.4, -0.2) is 0 Å². The van der Waals surface area contributed by atoms with E-state index in [1.54, 1.807) is 11.8 Å². The highest BCUT2D eigenvalue weighted by atomic mass is 32.2. The van der Waals surface area contributed by atoms with Gasteiger partial charge in [0.05, 0.1) is 0 Å². The summed E-state index contributed by atoms with van der Waals surface area (Å²) in [7, 11) is 0. The minimum absolute atomic E-state index is 1.06. The van der Waals surface area contributed by atoms with Crippen LogP contribution in [0, 0.1) is 0 Å². The monoisotopic (exact) mass is 312 g/mol. The molecule has 0 aliphatic heterocycles. The van der Waals surface area contributed by atoms with Crippen molar-refractivity contribution < 1.29 is 0 Å². The Hall–Kier alpha value is -1.38. The fraction of sp³-hybridized carbons (Fsp3) is 0.158. The Kier molecular flexibility index (Phi) is 6.71. The van der Waals surface area contributed by atoms with Crippen molar-refractivity contribution in [2.24, 2.45) is 0 Å². The maximum absolute atomic E-state index is 2.26. The summed E-state index contributed by atoms with van der Waals surface area (Å²) in [5, 5.41) is 0. The van der Waals surface area contributed by atoms with Gasteiger partial charge in [-0.3, -0.25) is 0 Å². The molecule has 0 bridgehead atoms. The fourth-order valence-electron chi connectivity index (χ4n) is 1.85. The minimum Gasteiger partial charge on any atom is -0.0905 e. The predicted molar refractivity (Wildman–Crippen MR) is 96.1 cm³/mol. The lowest BCUT2D eigenvalue weighted by atomic mass is 10.4. The van der Waals surface area contributed by atoms with Gasteiger partial charge in [-0.05, 0) is 49.7 Å². The SMILES string of the molecule is C/C=C\C(=C/CC)Sc1ccc(Sc2ccccc2)cc1. The van der Waals surface area contributed by atoms with Crippen molar-refractivity contribution in [1.29, 1.82) is 0 Å². The van der Waals surface area contributed by atoms with E-state index in [4.69, 9.17) is 0 Å². The van der Waals surface area contributed by atoms with Gasteiger partial charge in [-0.15, -0.1) is 0 Å². The van der Waals surface area contributed by atoms with Crippen LogP contribution in [0.3, 0.4) is 0 Å². The van der Waals surface area contributed by atoms with Crippen molar-refractivity contribution in [1.82, 2.24) is 0 Å². The maximum atomic E-state index is 2.26. The predicted octanol–water partition coefficient (Wildman–Crippen LogP) is 6.80. The Bertz CT molecular complexity index is 595. The topological polar surface area (TPSA) is 0 Å². The van der Waals surface area contributed by atoms with Crippen molar-refractivity contribution in [3.8, 4) is 0 Å². The summed E-state index contributed by atoms with van der Waals surface area (Å²) in [5.74, 6) is 0. The van der Waals surface area contributed by atoms with Crippen LogP contribution < -0.4 is 0 Å². The number of hydrogen-bond donors (Lipinski definition) is 0. The summed E-state index contributed by atoms with van der Waals surface area (Å²) < 4.78 is 0. The molecule has 0 aromatic heterocycles. The van der Waals surface area contributed by atoms with Gasteiger partial charge in [0.2, 0.25) is 0 Å². The van der Waals surface area contributed by atoms with Crippen LogP contribution >= 0.6 is 23.5 Å². The normalized spacial score (nSPS) is 12.0. The van der Waals surface area contributed by atoms with Crippen LogP contribution in [-0.2, 0) is 0 Å². The van der Waals surface area contributed by atoms with Gasteiger partial charge in [-0.1, -0.05) is 66.9 Å². The highest BCUT2D eigenvalue weighted by molar-refractivity contribution is 8.03. The summed E-state index contributed by atoms with van der Waals surface area (Å²) in [6.45, 7) is 4.23. The van der Waals surface area contributed by atoms with Gasteiger partial charge in [0.25, 0.3) is 0 Å². The number of thioether (sulfide) groups is 1. The minimum atomic E-state index is 1.06. The van der Waals surface area contributed by atoms with Crippen molar-refractivity contribution >= 4 is 23.5 Å². The Morgan fingerprint density at radius 3 is 2.14 bits per heavy atom. The van der Waals surface area contributed by atoms with E-state index >= 15 is 0 Å². The Balaban J connectivity index is 2.03. The van der Waals surface area contributed by atoms with E-state index in [1.807, 2.05) is 17.8 Å². The molecule has 0 atom stereocenters. The van der Waals surface area contributed by atoms with Gasteiger partial charge in [0, 0.05) is 19.6 Å². The number of rotatable bonds is 6. The smallest absolute Gasteiger partial charge is 0.0123 e. The first-order valence-corrected chi connectivity index (χ1v) is 8.78. The van der Waals surface area contributed by atoms with Gasteiger partial charge in [0.15, 0.2) is 0 Å². The Morgan fingerprint density at radius 1 is 0.905 bits per heavy atom. The van der Waals surface area contributed by atoms with E-state index in [9.17, 15) is 0 Å². The molecule has 108 valence electrons. The summed E-state index contributed by atoms with van der Waals surface area (Å²) in [4.78, 5) is 5.14. The first kappa shape index (κ1) is 16.0. The molecule has 0 amide bonds. The van der Waals surface area contributed by atoms with Crippen LogP contribution in [0.15, 0.2) is 92.4 Å². The summed E-state index contributed by atoms with van der Waals surface area (Å²) >= 11 is 3.62. The molecule has 0 unspecified atom stereocenters. The van der Waals surface area contributed by atoms with Crippen molar-refractivity contribution in [3.63, 3.8) is 0 Å². The highest BCUT2D eigenvalue weighted by Gasteiger charge is 2.00. The van der Waals surface area contributed by atoms with Crippen LogP contribution in [0.5, 0.6) is 0 Å². The van der Waals surface area contributed by atoms with Crippen molar-refractivity contribution in [2.75, 3.05) is 0 Å². The molecule has 0 nitrogen and oxygen atoms in total. The first-order chi connectivity index (χ1) is 10.3. The third-order valence-electron chi connectivity index (χ3n) is 2.77. The van der Waals surface area contributed by atoms with Crippen LogP contribution in [0.4, 0.5) is 0 Å². The van der Waals surface area contributed by atoms with Crippen LogP contribution in [0.1, 0.15) is 20.3 Å². The third-order valence-corrected chi connectivity index (χ3v) is 4.84. The van der Waals surface area contributed by atoms with Crippen molar-refractivity contribution in [3.05, 3.63) is 77.7 Å². The Morgan fingerprint density at radius 2 is 1.52 bits per heavy atom. The molecular weight excluding hydrogens is 292 g/mol. The molecule has 2 aromatic carbocycles. The van der Waals surface area contributed by atoms with Crippen LogP contribution in [0.25, 0.3) is 0 Å². The van der Waals surface area contributed by atoms with E-state index in [-0.39, 0.29) is 0 Å². The highest BCUT2D eigenvalue weighted by Crippen LogP contribution is 2.32. The Labute approximate surface area is 136 Å². The second-order valence-corrected chi connectivity index (χ2v) is 6.80. The zero-order chi connectivity index (χ0) is 14.9. The zero-order valence-corrected chi connectivity index (χ0v) is 14.1. The molecule has 2 aromatic rings. The van der Waals surface area contributed by atoms with Gasteiger partial charge < -0.3 is 0 Å². The molecule has 0 radical (unpaired) electrons. The van der Waals surface area contributed by atoms with Gasteiger partial charge in [-0.2, -0.15) is 0 Å². The van der Waals surface area contributed by atoms with Gasteiger partial charge >= 0.3 is 0 Å². The van der Waals surface area contributed by atoms with Gasteiger partial charge in [0.1, 0.15) is 0 Å². The van der Waals surface area contributed by atoms with E-state index in [0.717, 1.165) is 6.42 Å². The molecule has 0 saturated heterocycles. The van der Waals surface area contributed by atoms with E-state index < -0.39 is 0 Å². The lowest BCUT2D eigenvalue weighted by molar-refractivity contribution is 1.22. The lowest BCUT2D eigenvalue weighted by Crippen LogP contribution is -1.77.